The molecule has 1 fully saturated rings. The Hall–Kier alpha value is -2.62. The number of nitrogens with zero attached hydrogens (tertiary/aromatic N) is 4. The Kier molecular flexibility index (Phi) is 4.73. The lowest BCUT2D eigenvalue weighted by atomic mass is 10.1. The van der Waals surface area contributed by atoms with E-state index in [1.807, 2.05) is 37.3 Å². The Morgan fingerprint density at radius 3 is 2.74 bits per heavy atom. The van der Waals surface area contributed by atoms with Crippen molar-refractivity contribution in [2.75, 3.05) is 31.5 Å². The fourth-order valence-corrected chi connectivity index (χ4v) is 4.03. The van der Waals surface area contributed by atoms with E-state index in [0.29, 0.717) is 5.56 Å². The first-order chi connectivity index (χ1) is 13.1. The van der Waals surface area contributed by atoms with Gasteiger partial charge < -0.3 is 10.1 Å². The molecule has 6 nitrogen and oxygen atoms in total. The number of ether oxygens (including phenoxy) is 1. The molecule has 1 saturated heterocycles. The van der Waals surface area contributed by atoms with Crippen LogP contribution in [0.4, 0.5) is 5.82 Å². The van der Waals surface area contributed by atoms with Gasteiger partial charge in [0.25, 0.3) is 0 Å². The van der Waals surface area contributed by atoms with Crippen LogP contribution in [0, 0.1) is 18.3 Å². The van der Waals surface area contributed by atoms with Crippen LogP contribution in [0.25, 0.3) is 16.7 Å². The summed E-state index contributed by atoms with van der Waals surface area (Å²) in [4.78, 5) is 7.13. The third-order valence-corrected chi connectivity index (χ3v) is 5.11. The number of aryl methyl sites for hydroxylation is 1. The van der Waals surface area contributed by atoms with Crippen molar-refractivity contribution in [3.63, 3.8) is 0 Å². The van der Waals surface area contributed by atoms with Gasteiger partial charge in [-0.2, -0.15) is 5.26 Å². The van der Waals surface area contributed by atoms with Gasteiger partial charge in [0.1, 0.15) is 11.9 Å². The minimum absolute atomic E-state index is 0.273. The van der Waals surface area contributed by atoms with Crippen molar-refractivity contribution < 1.29 is 4.74 Å². The maximum Gasteiger partial charge on any atom is 0.157 e. The highest BCUT2D eigenvalue weighted by molar-refractivity contribution is 5.85. The number of hydrogen-bond acceptors (Lipinski definition) is 5. The monoisotopic (exact) mass is 363 g/mol. The second kappa shape index (κ2) is 7.18. The zero-order valence-corrected chi connectivity index (χ0v) is 16.1. The number of anilines is 1. The van der Waals surface area contributed by atoms with E-state index in [1.54, 1.807) is 0 Å². The third-order valence-electron chi connectivity index (χ3n) is 5.11. The molecular weight excluding hydrogens is 338 g/mol. The van der Waals surface area contributed by atoms with Gasteiger partial charge in [-0.25, -0.2) is 4.98 Å². The van der Waals surface area contributed by atoms with Gasteiger partial charge in [-0.3, -0.25) is 9.30 Å². The van der Waals surface area contributed by atoms with E-state index in [-0.39, 0.29) is 12.2 Å². The van der Waals surface area contributed by atoms with Crippen LogP contribution in [0.3, 0.4) is 0 Å². The molecule has 0 aliphatic carbocycles. The van der Waals surface area contributed by atoms with Crippen LogP contribution < -0.4 is 5.32 Å². The van der Waals surface area contributed by atoms with Crippen molar-refractivity contribution in [1.29, 1.82) is 5.26 Å². The van der Waals surface area contributed by atoms with Crippen molar-refractivity contribution in [3.8, 4) is 6.07 Å². The molecule has 3 aromatic rings. The predicted molar refractivity (Wildman–Crippen MR) is 107 cm³/mol. The maximum absolute atomic E-state index is 9.59. The number of fused-ring (bicyclic) bond motifs is 3. The highest BCUT2D eigenvalue weighted by Gasteiger charge is 2.21. The number of hydrogen-bond donors (Lipinski definition) is 1. The molecule has 140 valence electrons. The van der Waals surface area contributed by atoms with Crippen LogP contribution in [-0.4, -0.2) is 52.7 Å². The third kappa shape index (κ3) is 3.36. The van der Waals surface area contributed by atoms with E-state index in [2.05, 4.69) is 34.5 Å². The van der Waals surface area contributed by atoms with Gasteiger partial charge in [-0.15, -0.1) is 0 Å². The average molecular weight is 363 g/mol. The first-order valence-electron chi connectivity index (χ1n) is 9.49. The molecule has 1 aliphatic rings. The van der Waals surface area contributed by atoms with Crippen molar-refractivity contribution in [2.45, 2.75) is 33.0 Å². The summed E-state index contributed by atoms with van der Waals surface area (Å²) in [5.41, 5.74) is 4.21. The largest absolute Gasteiger partial charge is 0.373 e. The van der Waals surface area contributed by atoms with Crippen LogP contribution >= 0.6 is 0 Å². The van der Waals surface area contributed by atoms with Crippen LogP contribution in [0.15, 0.2) is 30.3 Å². The number of nitrogens with one attached hydrogen (secondary N) is 1. The summed E-state index contributed by atoms with van der Waals surface area (Å²) in [6, 6.07) is 12.4. The zero-order chi connectivity index (χ0) is 19.0. The van der Waals surface area contributed by atoms with Crippen LogP contribution in [0.2, 0.25) is 0 Å². The van der Waals surface area contributed by atoms with Crippen molar-refractivity contribution in [2.24, 2.45) is 0 Å². The van der Waals surface area contributed by atoms with E-state index < -0.39 is 0 Å². The van der Waals surface area contributed by atoms with Gasteiger partial charge in [0.15, 0.2) is 5.65 Å². The molecular formula is C21H25N5O. The minimum atomic E-state index is 0.273. The second-order valence-corrected chi connectivity index (χ2v) is 7.40. The Labute approximate surface area is 159 Å². The van der Waals surface area contributed by atoms with Crippen LogP contribution in [0.1, 0.15) is 25.0 Å². The first-order valence-corrected chi connectivity index (χ1v) is 9.49. The maximum atomic E-state index is 9.59. The quantitative estimate of drug-likeness (QED) is 0.771. The Morgan fingerprint density at radius 1 is 1.26 bits per heavy atom. The standard InChI is InChI=1S/C21H25N5O/c1-14-10-20(23-8-9-25-12-15(2)27-16(3)13-25)26-19-7-5-4-6-18(19)24-21(26)17(14)11-22/h4-7,10,15-16,23H,8-9,12-13H2,1-3H3/t15-,16+. The van der Waals surface area contributed by atoms with Gasteiger partial charge in [0, 0.05) is 26.2 Å². The number of rotatable bonds is 4. The lowest BCUT2D eigenvalue weighted by molar-refractivity contribution is -0.0667. The molecule has 0 unspecified atom stereocenters. The molecule has 0 amide bonds. The van der Waals surface area contributed by atoms with Crippen LogP contribution in [0.5, 0.6) is 0 Å². The SMILES string of the molecule is Cc1cc(NCCN2C[C@@H](C)O[C@@H](C)C2)n2c(nc3ccccc32)c1C#N. The molecule has 6 heteroatoms. The van der Waals surface area contributed by atoms with E-state index in [0.717, 1.165) is 54.2 Å². The average Bonchev–Trinajstić information content (AvgIpc) is 3.00. The smallest absolute Gasteiger partial charge is 0.157 e. The number of aromatic nitrogens is 2. The van der Waals surface area contributed by atoms with Gasteiger partial charge in [0.2, 0.25) is 0 Å². The van der Waals surface area contributed by atoms with E-state index in [9.17, 15) is 5.26 Å². The Balaban J connectivity index is 1.63. The zero-order valence-electron chi connectivity index (χ0n) is 16.1. The fourth-order valence-electron chi connectivity index (χ4n) is 4.03. The molecule has 2 aromatic heterocycles. The normalized spacial score (nSPS) is 20.8. The van der Waals surface area contributed by atoms with Crippen molar-refractivity contribution in [3.05, 3.63) is 41.5 Å². The van der Waals surface area contributed by atoms with Crippen molar-refractivity contribution in [1.82, 2.24) is 14.3 Å². The molecule has 2 atom stereocenters. The molecule has 0 saturated carbocycles. The molecule has 27 heavy (non-hydrogen) atoms. The molecule has 1 aliphatic heterocycles. The molecule has 3 heterocycles. The highest BCUT2D eigenvalue weighted by atomic mass is 16.5. The Bertz CT molecular complexity index is 1010. The number of pyridine rings is 1. The second-order valence-electron chi connectivity index (χ2n) is 7.40. The summed E-state index contributed by atoms with van der Waals surface area (Å²) in [7, 11) is 0. The van der Waals surface area contributed by atoms with Crippen molar-refractivity contribution >= 4 is 22.5 Å². The summed E-state index contributed by atoms with van der Waals surface area (Å²) >= 11 is 0. The fraction of sp³-hybridized carbons (Fsp3) is 0.429. The molecule has 1 aromatic carbocycles. The van der Waals surface area contributed by atoms with E-state index in [4.69, 9.17) is 9.72 Å². The van der Waals surface area contributed by atoms with Gasteiger partial charge >= 0.3 is 0 Å². The van der Waals surface area contributed by atoms with Crippen LogP contribution in [-0.2, 0) is 4.74 Å². The molecule has 0 radical (unpaired) electrons. The van der Waals surface area contributed by atoms with Gasteiger partial charge in [-0.05, 0) is 44.5 Å². The number of nitriles is 1. The predicted octanol–water partition coefficient (Wildman–Crippen LogP) is 3.19. The lowest BCUT2D eigenvalue weighted by Gasteiger charge is -2.35. The van der Waals surface area contributed by atoms with E-state index in [1.165, 1.54) is 0 Å². The van der Waals surface area contributed by atoms with Gasteiger partial charge in [0.05, 0.1) is 28.8 Å². The summed E-state index contributed by atoms with van der Waals surface area (Å²) in [5.74, 6) is 0.976. The number of para-hydroxylation sites is 2. The summed E-state index contributed by atoms with van der Waals surface area (Å²) < 4.78 is 7.87. The number of imidazole rings is 1. The highest BCUT2D eigenvalue weighted by Crippen LogP contribution is 2.26. The summed E-state index contributed by atoms with van der Waals surface area (Å²) in [6.45, 7) is 9.91. The number of morpholine rings is 1. The summed E-state index contributed by atoms with van der Waals surface area (Å²) in [6.07, 6.45) is 0.547. The first kappa shape index (κ1) is 17.8. The number of benzene rings is 1. The Morgan fingerprint density at radius 2 is 2.00 bits per heavy atom. The topological polar surface area (TPSA) is 65.6 Å². The molecule has 1 N–H and O–H groups in total. The molecule has 4 rings (SSSR count). The van der Waals surface area contributed by atoms with Gasteiger partial charge in [-0.1, -0.05) is 12.1 Å². The van der Waals surface area contributed by atoms with E-state index >= 15 is 0 Å². The molecule has 0 spiro atoms. The lowest BCUT2D eigenvalue weighted by Crippen LogP contribution is -2.46. The minimum Gasteiger partial charge on any atom is -0.373 e. The molecule has 0 bridgehead atoms. The summed E-state index contributed by atoms with van der Waals surface area (Å²) in [5, 5.41) is 13.2.